The summed E-state index contributed by atoms with van der Waals surface area (Å²) >= 11 is 3.34. The number of aryl methyl sites for hydroxylation is 2. The second-order valence-corrected chi connectivity index (χ2v) is 6.92. The van der Waals surface area contributed by atoms with E-state index in [0.29, 0.717) is 10.3 Å². The van der Waals surface area contributed by atoms with Crippen LogP contribution in [0.15, 0.2) is 27.5 Å². The Morgan fingerprint density at radius 1 is 1.15 bits per heavy atom. The van der Waals surface area contributed by atoms with E-state index in [-0.39, 0.29) is 11.0 Å². The summed E-state index contributed by atoms with van der Waals surface area (Å²) in [6, 6.07) is 6.08. The molecule has 4 heteroatoms. The zero-order valence-corrected chi connectivity index (χ0v) is 14.1. The molecule has 2 rings (SSSR count). The van der Waals surface area contributed by atoms with Gasteiger partial charge in [0.2, 0.25) is 0 Å². The van der Waals surface area contributed by atoms with E-state index in [1.165, 1.54) is 11.1 Å². The van der Waals surface area contributed by atoms with Gasteiger partial charge in [0.1, 0.15) is 10.3 Å². The van der Waals surface area contributed by atoms with Crippen molar-refractivity contribution in [3.8, 4) is 11.4 Å². The van der Waals surface area contributed by atoms with Crippen LogP contribution in [0.2, 0.25) is 0 Å². The van der Waals surface area contributed by atoms with Gasteiger partial charge in [0.25, 0.3) is 5.56 Å². The summed E-state index contributed by atoms with van der Waals surface area (Å²) in [5.41, 5.74) is 3.78. The number of halogens is 1. The first-order chi connectivity index (χ1) is 9.20. The Kier molecular flexibility index (Phi) is 3.87. The molecular weight excluding hydrogens is 316 g/mol. The van der Waals surface area contributed by atoms with Gasteiger partial charge in [-0.3, -0.25) is 4.79 Å². The highest BCUT2D eigenvalue weighted by Crippen LogP contribution is 2.27. The van der Waals surface area contributed by atoms with Crippen molar-refractivity contribution in [2.24, 2.45) is 0 Å². The fourth-order valence-electron chi connectivity index (χ4n) is 1.98. The number of hydrogen-bond acceptors (Lipinski definition) is 2. The number of benzene rings is 1. The predicted molar refractivity (Wildman–Crippen MR) is 86.2 cm³/mol. The van der Waals surface area contributed by atoms with Crippen LogP contribution in [-0.2, 0) is 5.41 Å². The molecule has 0 radical (unpaired) electrons. The molecule has 20 heavy (non-hydrogen) atoms. The molecule has 0 aliphatic rings. The molecule has 1 aromatic carbocycles. The van der Waals surface area contributed by atoms with Gasteiger partial charge >= 0.3 is 0 Å². The molecule has 2 aromatic rings. The van der Waals surface area contributed by atoms with E-state index in [9.17, 15) is 4.79 Å². The SMILES string of the molecule is Cc1ccc(-c2nc(C(C)(C)C)c(Br)c(=O)[nH]2)cc1C. The lowest BCUT2D eigenvalue weighted by molar-refractivity contribution is 0.562. The van der Waals surface area contributed by atoms with E-state index in [2.05, 4.69) is 39.7 Å². The monoisotopic (exact) mass is 334 g/mol. The fourth-order valence-corrected chi connectivity index (χ4v) is 2.76. The maximum Gasteiger partial charge on any atom is 0.265 e. The molecule has 0 amide bonds. The van der Waals surface area contributed by atoms with Crippen LogP contribution in [0.25, 0.3) is 11.4 Å². The number of aromatic amines is 1. The van der Waals surface area contributed by atoms with Gasteiger partial charge in [-0.15, -0.1) is 0 Å². The summed E-state index contributed by atoms with van der Waals surface area (Å²) in [6.45, 7) is 10.3. The second kappa shape index (κ2) is 5.17. The van der Waals surface area contributed by atoms with E-state index in [1.54, 1.807) is 0 Å². The van der Waals surface area contributed by atoms with Crippen LogP contribution >= 0.6 is 15.9 Å². The molecule has 1 N–H and O–H groups in total. The smallest absolute Gasteiger partial charge is 0.265 e. The maximum atomic E-state index is 12.1. The number of rotatable bonds is 1. The first-order valence-corrected chi connectivity index (χ1v) is 7.37. The minimum atomic E-state index is -0.193. The highest BCUT2D eigenvalue weighted by atomic mass is 79.9. The highest BCUT2D eigenvalue weighted by Gasteiger charge is 2.22. The van der Waals surface area contributed by atoms with Gasteiger partial charge in [0, 0.05) is 11.0 Å². The van der Waals surface area contributed by atoms with Gasteiger partial charge in [-0.05, 0) is 47.0 Å². The molecule has 0 aliphatic heterocycles. The molecule has 106 valence electrons. The summed E-state index contributed by atoms with van der Waals surface area (Å²) in [5.74, 6) is 0.617. The van der Waals surface area contributed by atoms with Crippen LogP contribution in [0.3, 0.4) is 0 Å². The van der Waals surface area contributed by atoms with Crippen LogP contribution in [-0.4, -0.2) is 9.97 Å². The van der Waals surface area contributed by atoms with Crippen LogP contribution in [0.4, 0.5) is 0 Å². The molecule has 0 aliphatic carbocycles. The van der Waals surface area contributed by atoms with Crippen molar-refractivity contribution in [3.05, 3.63) is 49.8 Å². The molecule has 0 saturated carbocycles. The van der Waals surface area contributed by atoms with Crippen molar-refractivity contribution in [1.29, 1.82) is 0 Å². The maximum absolute atomic E-state index is 12.1. The average molecular weight is 335 g/mol. The van der Waals surface area contributed by atoms with Gasteiger partial charge in [0.15, 0.2) is 0 Å². The summed E-state index contributed by atoms with van der Waals surface area (Å²) in [4.78, 5) is 19.6. The third-order valence-electron chi connectivity index (χ3n) is 3.35. The number of nitrogens with zero attached hydrogens (tertiary/aromatic N) is 1. The van der Waals surface area contributed by atoms with Gasteiger partial charge in [-0.2, -0.15) is 0 Å². The Morgan fingerprint density at radius 2 is 1.80 bits per heavy atom. The van der Waals surface area contributed by atoms with E-state index >= 15 is 0 Å². The van der Waals surface area contributed by atoms with Gasteiger partial charge < -0.3 is 4.98 Å². The van der Waals surface area contributed by atoms with Crippen LogP contribution in [0.1, 0.15) is 37.6 Å². The summed E-state index contributed by atoms with van der Waals surface area (Å²) < 4.78 is 0.512. The zero-order chi connectivity index (χ0) is 15.1. The second-order valence-electron chi connectivity index (χ2n) is 6.13. The van der Waals surface area contributed by atoms with Crippen molar-refractivity contribution in [1.82, 2.24) is 9.97 Å². The highest BCUT2D eigenvalue weighted by molar-refractivity contribution is 9.10. The van der Waals surface area contributed by atoms with E-state index in [1.807, 2.05) is 39.0 Å². The Bertz CT molecular complexity index is 711. The van der Waals surface area contributed by atoms with Crippen LogP contribution < -0.4 is 5.56 Å². The van der Waals surface area contributed by atoms with Crippen LogP contribution in [0, 0.1) is 13.8 Å². The van der Waals surface area contributed by atoms with Gasteiger partial charge in [-0.25, -0.2) is 4.98 Å². The fraction of sp³-hybridized carbons (Fsp3) is 0.375. The Labute approximate surface area is 127 Å². The van der Waals surface area contributed by atoms with Crippen molar-refractivity contribution in [2.75, 3.05) is 0 Å². The molecule has 1 heterocycles. The van der Waals surface area contributed by atoms with Crippen molar-refractivity contribution >= 4 is 15.9 Å². The molecule has 0 atom stereocenters. The molecule has 0 unspecified atom stereocenters. The number of hydrogen-bond donors (Lipinski definition) is 1. The first-order valence-electron chi connectivity index (χ1n) is 6.58. The largest absolute Gasteiger partial charge is 0.306 e. The Balaban J connectivity index is 2.67. The standard InChI is InChI=1S/C16H19BrN2O/c1-9-6-7-11(8-10(9)2)14-18-13(16(3,4)5)12(17)15(20)19-14/h6-8H,1-5H3,(H,18,19,20). The van der Waals surface area contributed by atoms with Crippen molar-refractivity contribution in [3.63, 3.8) is 0 Å². The quantitative estimate of drug-likeness (QED) is 0.852. The molecule has 0 bridgehead atoms. The van der Waals surface area contributed by atoms with Crippen molar-refractivity contribution in [2.45, 2.75) is 40.0 Å². The first kappa shape index (κ1) is 15.0. The third kappa shape index (κ3) is 2.85. The van der Waals surface area contributed by atoms with Crippen molar-refractivity contribution < 1.29 is 0 Å². The lowest BCUT2D eigenvalue weighted by Gasteiger charge is -2.19. The number of aromatic nitrogens is 2. The lowest BCUT2D eigenvalue weighted by Crippen LogP contribution is -2.22. The molecule has 0 spiro atoms. The molecule has 0 saturated heterocycles. The summed E-state index contributed by atoms with van der Waals surface area (Å²) in [7, 11) is 0. The minimum absolute atomic E-state index is 0.141. The topological polar surface area (TPSA) is 45.8 Å². The Hall–Kier alpha value is -1.42. The van der Waals surface area contributed by atoms with E-state index < -0.39 is 0 Å². The minimum Gasteiger partial charge on any atom is -0.306 e. The van der Waals surface area contributed by atoms with Gasteiger partial charge in [0.05, 0.1) is 5.69 Å². The number of H-pyrrole nitrogens is 1. The molecule has 0 fully saturated rings. The zero-order valence-electron chi connectivity index (χ0n) is 12.5. The average Bonchev–Trinajstić information content (AvgIpc) is 2.34. The Morgan fingerprint density at radius 3 is 2.35 bits per heavy atom. The molecule has 1 aromatic heterocycles. The lowest BCUT2D eigenvalue weighted by atomic mass is 9.92. The molecule has 3 nitrogen and oxygen atoms in total. The van der Waals surface area contributed by atoms with Gasteiger partial charge in [-0.1, -0.05) is 32.9 Å². The van der Waals surface area contributed by atoms with E-state index in [0.717, 1.165) is 11.3 Å². The van der Waals surface area contributed by atoms with E-state index in [4.69, 9.17) is 0 Å². The van der Waals surface area contributed by atoms with Crippen LogP contribution in [0.5, 0.6) is 0 Å². The number of nitrogens with one attached hydrogen (secondary N) is 1. The summed E-state index contributed by atoms with van der Waals surface area (Å²) in [5, 5.41) is 0. The normalized spacial score (nSPS) is 11.7. The predicted octanol–water partition coefficient (Wildman–Crippen LogP) is 4.11. The third-order valence-corrected chi connectivity index (χ3v) is 4.09. The summed E-state index contributed by atoms with van der Waals surface area (Å²) in [6.07, 6.45) is 0. The molecular formula is C16H19BrN2O.